The Bertz CT molecular complexity index is 1550. The molecule has 0 saturated carbocycles. The first-order chi connectivity index (χ1) is 19.2. The summed E-state index contributed by atoms with van der Waals surface area (Å²) in [5, 5.41) is 30.4. The molecule has 3 aromatic rings. The van der Waals surface area contributed by atoms with Crippen LogP contribution in [-0.4, -0.2) is 92.1 Å². The molecule has 16 heteroatoms. The number of carboxylic acid groups (broad SMARTS) is 2. The second kappa shape index (κ2) is 13.3. The summed E-state index contributed by atoms with van der Waals surface area (Å²) in [4.78, 5) is 24.4. The van der Waals surface area contributed by atoms with E-state index in [4.69, 9.17) is 28.3 Å². The van der Waals surface area contributed by atoms with E-state index in [0.29, 0.717) is 42.2 Å². The largest absolute Gasteiger partial charge is 1.00 e. The zero-order chi connectivity index (χ0) is 29.9. The van der Waals surface area contributed by atoms with E-state index >= 15 is 0 Å². The van der Waals surface area contributed by atoms with E-state index in [9.17, 15) is 23.1 Å². The minimum atomic E-state index is -4.29. The van der Waals surface area contributed by atoms with Crippen LogP contribution in [0, 0.1) is 0 Å². The predicted molar refractivity (Wildman–Crippen MR) is 156 cm³/mol. The number of sulfonamides is 1. The van der Waals surface area contributed by atoms with Gasteiger partial charge in [0.25, 0.3) is 10.0 Å². The predicted octanol–water partition coefficient (Wildman–Crippen LogP) is 0.334. The maximum atomic E-state index is 13.5. The number of aromatic nitrogens is 2. The number of halogens is 3. The number of likely N-dealkylation sites (N-methyl/N-ethyl adjacent to an activating group) is 1. The number of hydrogen-bond donors (Lipinski definition) is 3. The van der Waals surface area contributed by atoms with E-state index in [1.807, 2.05) is 19.0 Å². The van der Waals surface area contributed by atoms with E-state index in [2.05, 4.69) is 15.5 Å². The molecular formula is C26H29Cl3N6O6S. The van der Waals surface area contributed by atoms with Crippen molar-refractivity contribution in [3.05, 3.63) is 64.1 Å². The van der Waals surface area contributed by atoms with Gasteiger partial charge in [0.05, 0.1) is 37.8 Å². The average molecular weight is 660 g/mol. The van der Waals surface area contributed by atoms with Gasteiger partial charge in [-0.25, -0.2) is 13.2 Å². The molecule has 4 rings (SSSR count). The topological polar surface area (TPSA) is 153 Å². The van der Waals surface area contributed by atoms with Crippen LogP contribution >= 0.6 is 23.2 Å². The summed E-state index contributed by atoms with van der Waals surface area (Å²) in [6, 6.07) is 12.3. The Balaban J connectivity index is 0.00000484. The molecule has 0 radical (unpaired) electrons. The molecule has 42 heavy (non-hydrogen) atoms. The molecule has 2 aromatic carbocycles. The van der Waals surface area contributed by atoms with Crippen molar-refractivity contribution in [2.45, 2.75) is 11.3 Å². The van der Waals surface area contributed by atoms with Crippen LogP contribution in [0.4, 0.5) is 23.0 Å². The Morgan fingerprint density at radius 2 is 1.71 bits per heavy atom. The third-order valence-corrected chi connectivity index (χ3v) is 8.65. The monoisotopic (exact) mass is 658 g/mol. The molecule has 12 nitrogen and oxygen atoms in total. The van der Waals surface area contributed by atoms with Gasteiger partial charge in [0.2, 0.25) is 0 Å². The Hall–Kier alpha value is -3.36. The van der Waals surface area contributed by atoms with Gasteiger partial charge in [-0.3, -0.25) is 9.10 Å². The fraction of sp³-hybridized carbons (Fsp3) is 0.308. The normalized spacial score (nSPS) is 12.8. The minimum absolute atomic E-state index is 0. The van der Waals surface area contributed by atoms with Gasteiger partial charge in [0.1, 0.15) is 12.4 Å². The second-order valence-corrected chi connectivity index (χ2v) is 12.9. The van der Waals surface area contributed by atoms with Crippen LogP contribution < -0.4 is 26.9 Å². The molecule has 0 spiro atoms. The molecule has 226 valence electrons. The number of nitrogens with one attached hydrogen (secondary N) is 1. The first kappa shape index (κ1) is 33.1. The first-order valence-electron chi connectivity index (χ1n) is 12.5. The van der Waals surface area contributed by atoms with Crippen molar-refractivity contribution in [3.8, 4) is 0 Å². The number of nitrogens with zero attached hydrogens (tertiary/aromatic N) is 5. The van der Waals surface area contributed by atoms with E-state index in [1.54, 1.807) is 30.3 Å². The number of benzene rings is 2. The van der Waals surface area contributed by atoms with Crippen LogP contribution in [0.5, 0.6) is 0 Å². The molecule has 0 saturated heterocycles. The SMILES string of the molecule is C[N+](C)(CCNc1ccc(N2CCc3cc(N(CC(=O)O)S(=O)(=O)c4cc(Cl)cc(Cl)c4)ccc32)nn1)CC(=O)O.[Cl-]. The van der Waals surface area contributed by atoms with Crippen LogP contribution in [0.1, 0.15) is 5.56 Å². The van der Waals surface area contributed by atoms with Gasteiger partial charge in [-0.15, -0.1) is 10.2 Å². The highest BCUT2D eigenvalue weighted by Crippen LogP contribution is 2.37. The molecule has 0 bridgehead atoms. The van der Waals surface area contributed by atoms with Crippen LogP contribution in [0.15, 0.2) is 53.4 Å². The van der Waals surface area contributed by atoms with Crippen molar-refractivity contribution in [2.75, 3.05) is 61.3 Å². The quantitative estimate of drug-likeness (QED) is 0.232. The highest BCUT2D eigenvalue weighted by molar-refractivity contribution is 7.92. The fourth-order valence-corrected chi connectivity index (χ4v) is 6.65. The zero-order valence-corrected chi connectivity index (χ0v) is 25.8. The lowest BCUT2D eigenvalue weighted by atomic mass is 10.1. The van der Waals surface area contributed by atoms with E-state index in [0.717, 1.165) is 15.6 Å². The smallest absolute Gasteiger partial charge is 0.359 e. The second-order valence-electron chi connectivity index (χ2n) is 10.1. The number of aliphatic carboxylic acids is 2. The van der Waals surface area contributed by atoms with Gasteiger partial charge in [-0.05, 0) is 60.5 Å². The average Bonchev–Trinajstić information content (AvgIpc) is 3.29. The molecule has 0 atom stereocenters. The number of fused-ring (bicyclic) bond motifs is 1. The molecule has 3 N–H and O–H groups in total. The lowest BCUT2D eigenvalue weighted by molar-refractivity contribution is -0.881. The Kier molecular flexibility index (Phi) is 10.5. The van der Waals surface area contributed by atoms with Gasteiger partial charge >= 0.3 is 11.9 Å². The van der Waals surface area contributed by atoms with Crippen molar-refractivity contribution >= 4 is 68.2 Å². The van der Waals surface area contributed by atoms with Crippen LogP contribution in [0.2, 0.25) is 10.0 Å². The molecule has 2 heterocycles. The summed E-state index contributed by atoms with van der Waals surface area (Å²) >= 11 is 12.0. The maximum absolute atomic E-state index is 13.5. The van der Waals surface area contributed by atoms with E-state index in [1.165, 1.54) is 18.2 Å². The number of carboxylic acids is 2. The molecule has 0 amide bonds. The lowest BCUT2D eigenvalue weighted by Crippen LogP contribution is -3.00. The first-order valence-corrected chi connectivity index (χ1v) is 14.7. The van der Waals surface area contributed by atoms with Crippen molar-refractivity contribution < 1.29 is 45.1 Å². The van der Waals surface area contributed by atoms with Crippen LogP contribution in [0.25, 0.3) is 0 Å². The zero-order valence-electron chi connectivity index (χ0n) is 22.7. The standard InChI is InChI=1S/C26H28Cl2N6O6S.ClH/c1-34(2,16-26(37)38)10-8-29-23-5-6-24(31-30-23)32-9-7-17-11-20(3-4-22(17)32)33(15-25(35)36)41(39,40)21-13-18(27)12-19(28)14-21;/h3-6,11-14H,7-10,15-16H2,1-2H3,(H2-,29,30,35,36,37,38);1H. The highest BCUT2D eigenvalue weighted by Gasteiger charge is 2.30. The lowest BCUT2D eigenvalue weighted by Gasteiger charge is -2.27. The maximum Gasteiger partial charge on any atom is 0.359 e. The van der Waals surface area contributed by atoms with E-state index in [-0.39, 0.29) is 39.6 Å². The van der Waals surface area contributed by atoms with Crippen molar-refractivity contribution in [3.63, 3.8) is 0 Å². The third kappa shape index (κ3) is 7.92. The Labute approximate surface area is 259 Å². The fourth-order valence-electron chi connectivity index (χ4n) is 4.52. The molecule has 1 aliphatic rings. The Morgan fingerprint density at radius 1 is 1.02 bits per heavy atom. The molecule has 0 fully saturated rings. The van der Waals surface area contributed by atoms with Crippen LogP contribution in [-0.2, 0) is 26.0 Å². The van der Waals surface area contributed by atoms with Crippen LogP contribution in [0.3, 0.4) is 0 Å². The summed E-state index contributed by atoms with van der Waals surface area (Å²) in [6.07, 6.45) is 0.575. The molecule has 1 aromatic heterocycles. The number of quaternary nitrogens is 1. The molecule has 0 unspecified atom stereocenters. The Morgan fingerprint density at radius 3 is 2.31 bits per heavy atom. The summed E-state index contributed by atoms with van der Waals surface area (Å²) in [7, 11) is -0.620. The number of carbonyl (C=O) groups is 2. The molecular weight excluding hydrogens is 631 g/mol. The number of anilines is 4. The van der Waals surface area contributed by atoms with E-state index < -0.39 is 28.5 Å². The van der Waals surface area contributed by atoms with Gasteiger partial charge in [-0.2, -0.15) is 0 Å². The summed E-state index contributed by atoms with van der Waals surface area (Å²) in [5.74, 6) is -1.04. The minimum Gasteiger partial charge on any atom is -1.00 e. The van der Waals surface area contributed by atoms with Gasteiger partial charge < -0.3 is 37.3 Å². The summed E-state index contributed by atoms with van der Waals surface area (Å²) in [6.45, 7) is 0.882. The van der Waals surface area contributed by atoms with Crippen molar-refractivity contribution in [1.82, 2.24) is 10.2 Å². The van der Waals surface area contributed by atoms with Crippen molar-refractivity contribution in [2.24, 2.45) is 0 Å². The molecule has 1 aliphatic heterocycles. The summed E-state index contributed by atoms with van der Waals surface area (Å²) < 4.78 is 28.0. The van der Waals surface area contributed by atoms with Crippen molar-refractivity contribution in [1.29, 1.82) is 0 Å². The third-order valence-electron chi connectivity index (χ3n) is 6.46. The van der Waals surface area contributed by atoms with Gasteiger partial charge in [-0.1, -0.05) is 23.2 Å². The van der Waals surface area contributed by atoms with Gasteiger partial charge in [0.15, 0.2) is 12.4 Å². The number of hydrogen-bond acceptors (Lipinski definition) is 8. The summed E-state index contributed by atoms with van der Waals surface area (Å²) in [5.41, 5.74) is 1.81. The molecule has 0 aliphatic carbocycles. The highest BCUT2D eigenvalue weighted by atomic mass is 35.5. The number of rotatable bonds is 12. The van der Waals surface area contributed by atoms with Gasteiger partial charge in [0, 0.05) is 22.3 Å².